The second-order valence-electron chi connectivity index (χ2n) is 6.73. The molecule has 4 rings (SSSR count). The second-order valence-corrected chi connectivity index (χ2v) is 9.11. The molecule has 1 saturated heterocycles. The Morgan fingerprint density at radius 2 is 2.15 bits per heavy atom. The zero-order chi connectivity index (χ0) is 19.2. The minimum absolute atomic E-state index is 0.0147. The predicted octanol–water partition coefficient (Wildman–Crippen LogP) is 3.08. The Bertz CT molecular complexity index is 1120. The van der Waals surface area contributed by atoms with E-state index < -0.39 is 15.8 Å². The van der Waals surface area contributed by atoms with E-state index in [2.05, 4.69) is 9.97 Å². The fraction of sp³-hybridized carbons (Fsp3) is 0.333. The maximum absolute atomic E-state index is 13.2. The van der Waals surface area contributed by atoms with Crippen LogP contribution in [0.15, 0.2) is 36.7 Å². The highest BCUT2D eigenvalue weighted by molar-refractivity contribution is 7.88. The number of hydrogen-bond donors (Lipinski definition) is 0. The maximum atomic E-state index is 13.2. The zero-order valence-corrected chi connectivity index (χ0v) is 16.2. The van der Waals surface area contributed by atoms with E-state index in [1.807, 2.05) is 17.7 Å². The first-order valence-electron chi connectivity index (χ1n) is 8.53. The summed E-state index contributed by atoms with van der Waals surface area (Å²) in [6, 6.07) is 5.61. The van der Waals surface area contributed by atoms with Gasteiger partial charge < -0.3 is 4.57 Å². The number of benzene rings is 1. The van der Waals surface area contributed by atoms with E-state index in [1.54, 1.807) is 12.4 Å². The van der Waals surface area contributed by atoms with Crippen molar-refractivity contribution in [3.05, 3.63) is 58.9 Å². The number of imidazole rings is 1. The minimum atomic E-state index is -3.56. The average molecular weight is 409 g/mol. The molecule has 1 fully saturated rings. The van der Waals surface area contributed by atoms with Crippen LogP contribution < -0.4 is 0 Å². The molecule has 0 spiro atoms. The molecule has 3 heterocycles. The zero-order valence-electron chi connectivity index (χ0n) is 14.6. The van der Waals surface area contributed by atoms with Crippen LogP contribution in [0.1, 0.15) is 23.7 Å². The molecule has 0 saturated carbocycles. The van der Waals surface area contributed by atoms with Crippen LogP contribution in [0.25, 0.3) is 11.0 Å². The van der Waals surface area contributed by atoms with Gasteiger partial charge in [-0.2, -0.15) is 0 Å². The van der Waals surface area contributed by atoms with Gasteiger partial charge in [0.15, 0.2) is 0 Å². The van der Waals surface area contributed by atoms with E-state index in [-0.39, 0.29) is 16.7 Å². The van der Waals surface area contributed by atoms with E-state index in [0.29, 0.717) is 25.1 Å². The van der Waals surface area contributed by atoms with Crippen molar-refractivity contribution in [1.82, 2.24) is 18.8 Å². The third-order valence-electron chi connectivity index (χ3n) is 4.98. The fourth-order valence-electron chi connectivity index (χ4n) is 3.54. The Balaban J connectivity index is 1.55. The number of aromatic nitrogens is 3. The first-order valence-corrected chi connectivity index (χ1v) is 10.5. The van der Waals surface area contributed by atoms with Crippen molar-refractivity contribution in [3.63, 3.8) is 0 Å². The largest absolute Gasteiger partial charge is 0.330 e. The van der Waals surface area contributed by atoms with Gasteiger partial charge in [-0.3, -0.25) is 4.98 Å². The third-order valence-corrected chi connectivity index (χ3v) is 7.13. The smallest absolute Gasteiger partial charge is 0.218 e. The molecule has 0 amide bonds. The van der Waals surface area contributed by atoms with Crippen LogP contribution in [-0.2, 0) is 22.8 Å². The number of fused-ring (bicyclic) bond motifs is 1. The van der Waals surface area contributed by atoms with Gasteiger partial charge >= 0.3 is 0 Å². The molecular weight excluding hydrogens is 391 g/mol. The van der Waals surface area contributed by atoms with Crippen molar-refractivity contribution < 1.29 is 12.8 Å². The monoisotopic (exact) mass is 408 g/mol. The lowest BCUT2D eigenvalue weighted by Crippen LogP contribution is -2.30. The normalized spacial score (nSPS) is 18.4. The quantitative estimate of drug-likeness (QED) is 0.665. The molecule has 2 aromatic heterocycles. The molecule has 1 aliphatic heterocycles. The standard InChI is InChI=1S/C18H18ClFN4O2S/c1-23-17-9-21-6-4-16(17)22-18(23)12-5-7-24(10-12)27(25,26)11-13-2-3-14(20)8-15(13)19/h2-4,6,8-9,12H,5,7,10-11H2,1H3. The number of halogens is 2. The van der Waals surface area contributed by atoms with E-state index in [4.69, 9.17) is 11.6 Å². The van der Waals surface area contributed by atoms with Crippen molar-refractivity contribution in [2.24, 2.45) is 7.05 Å². The van der Waals surface area contributed by atoms with Crippen LogP contribution in [0.2, 0.25) is 5.02 Å². The summed E-state index contributed by atoms with van der Waals surface area (Å²) in [5.41, 5.74) is 2.17. The van der Waals surface area contributed by atoms with Crippen molar-refractivity contribution in [2.45, 2.75) is 18.1 Å². The highest BCUT2D eigenvalue weighted by Crippen LogP contribution is 2.31. The van der Waals surface area contributed by atoms with Crippen LogP contribution in [0.3, 0.4) is 0 Å². The lowest BCUT2D eigenvalue weighted by atomic mass is 10.1. The summed E-state index contributed by atoms with van der Waals surface area (Å²) in [6.07, 6.45) is 4.14. The summed E-state index contributed by atoms with van der Waals surface area (Å²) in [6.45, 7) is 0.791. The summed E-state index contributed by atoms with van der Waals surface area (Å²) in [5, 5.41) is 0.122. The highest BCUT2D eigenvalue weighted by atomic mass is 35.5. The Morgan fingerprint density at radius 1 is 1.33 bits per heavy atom. The van der Waals surface area contributed by atoms with Crippen molar-refractivity contribution in [3.8, 4) is 0 Å². The molecule has 142 valence electrons. The Morgan fingerprint density at radius 3 is 2.89 bits per heavy atom. The number of aryl methyl sites for hydroxylation is 1. The highest BCUT2D eigenvalue weighted by Gasteiger charge is 2.34. The van der Waals surface area contributed by atoms with Crippen LogP contribution in [0.5, 0.6) is 0 Å². The Hall–Kier alpha value is -2.03. The molecule has 1 aliphatic rings. The van der Waals surface area contributed by atoms with E-state index in [9.17, 15) is 12.8 Å². The van der Waals surface area contributed by atoms with Gasteiger partial charge in [-0.05, 0) is 30.2 Å². The Kier molecular flexibility index (Phi) is 4.65. The van der Waals surface area contributed by atoms with Gasteiger partial charge in [-0.25, -0.2) is 22.1 Å². The van der Waals surface area contributed by atoms with Crippen LogP contribution in [0, 0.1) is 5.82 Å². The molecule has 0 bridgehead atoms. The van der Waals surface area contributed by atoms with Crippen molar-refractivity contribution in [2.75, 3.05) is 13.1 Å². The number of rotatable bonds is 4. The lowest BCUT2D eigenvalue weighted by Gasteiger charge is -2.17. The van der Waals surface area contributed by atoms with Gasteiger partial charge in [0.25, 0.3) is 0 Å². The molecule has 1 atom stereocenters. The maximum Gasteiger partial charge on any atom is 0.218 e. The van der Waals surface area contributed by atoms with Gasteiger partial charge in [0.1, 0.15) is 11.6 Å². The summed E-state index contributed by atoms with van der Waals surface area (Å²) in [5.74, 6) is 0.140. The van der Waals surface area contributed by atoms with Gasteiger partial charge in [-0.1, -0.05) is 17.7 Å². The molecule has 6 nitrogen and oxygen atoms in total. The second kappa shape index (κ2) is 6.85. The number of pyridine rings is 1. The molecule has 9 heteroatoms. The van der Waals surface area contributed by atoms with Crippen LogP contribution >= 0.6 is 11.6 Å². The SMILES string of the molecule is Cn1c(C2CCN(S(=O)(=O)Cc3ccc(F)cc3Cl)C2)nc2ccncc21. The molecule has 3 aromatic rings. The van der Waals surface area contributed by atoms with Gasteiger partial charge in [0.05, 0.1) is 23.0 Å². The number of sulfonamides is 1. The Labute approximate surface area is 161 Å². The minimum Gasteiger partial charge on any atom is -0.330 e. The summed E-state index contributed by atoms with van der Waals surface area (Å²) in [4.78, 5) is 8.78. The number of nitrogens with zero attached hydrogens (tertiary/aromatic N) is 4. The third kappa shape index (κ3) is 3.44. The molecule has 0 radical (unpaired) electrons. The molecule has 1 unspecified atom stereocenters. The summed E-state index contributed by atoms with van der Waals surface area (Å²) >= 11 is 5.99. The van der Waals surface area contributed by atoms with Gasteiger partial charge in [0, 0.05) is 37.3 Å². The number of hydrogen-bond acceptors (Lipinski definition) is 4. The molecule has 27 heavy (non-hydrogen) atoms. The van der Waals surface area contributed by atoms with Crippen molar-refractivity contribution >= 4 is 32.7 Å². The van der Waals surface area contributed by atoms with Gasteiger partial charge in [-0.15, -0.1) is 0 Å². The van der Waals surface area contributed by atoms with Crippen LogP contribution in [-0.4, -0.2) is 40.3 Å². The van der Waals surface area contributed by atoms with Gasteiger partial charge in [0.2, 0.25) is 10.0 Å². The van der Waals surface area contributed by atoms with Crippen molar-refractivity contribution in [1.29, 1.82) is 0 Å². The summed E-state index contributed by atoms with van der Waals surface area (Å²) < 4.78 is 42.2. The molecule has 1 aromatic carbocycles. The molecular formula is C18H18ClFN4O2S. The first-order chi connectivity index (χ1) is 12.8. The van der Waals surface area contributed by atoms with E-state index in [1.165, 1.54) is 16.4 Å². The van der Waals surface area contributed by atoms with Crippen LogP contribution in [0.4, 0.5) is 4.39 Å². The molecule has 0 aliphatic carbocycles. The van der Waals surface area contributed by atoms with E-state index >= 15 is 0 Å². The first kappa shape index (κ1) is 18.3. The lowest BCUT2D eigenvalue weighted by molar-refractivity contribution is 0.469. The predicted molar refractivity (Wildman–Crippen MR) is 101 cm³/mol. The average Bonchev–Trinajstić information content (AvgIpc) is 3.23. The van der Waals surface area contributed by atoms with E-state index in [0.717, 1.165) is 22.9 Å². The topological polar surface area (TPSA) is 68.1 Å². The fourth-order valence-corrected chi connectivity index (χ4v) is 5.47. The molecule has 0 N–H and O–H groups in total. The summed E-state index contributed by atoms with van der Waals surface area (Å²) in [7, 11) is -1.64.